The van der Waals surface area contributed by atoms with E-state index in [1.54, 1.807) is 6.07 Å². The van der Waals surface area contributed by atoms with Crippen LogP contribution in [0, 0.1) is 0 Å². The van der Waals surface area contributed by atoms with Crippen LogP contribution in [0.1, 0.15) is 24.8 Å². The molecular formula is C15H19Cl2NO2S. The standard InChI is InChI=1S/C15H19Cl2NO2S/c16-12-3-1-2-11(14(12)17)4-5-13(19)18-10-15(20)6-8-21-9-7-15/h1-3,20H,4-10H2,(H,18,19). The monoisotopic (exact) mass is 347 g/mol. The number of hydrogen-bond donors (Lipinski definition) is 2. The van der Waals surface area contributed by atoms with Crippen molar-refractivity contribution in [3.05, 3.63) is 33.8 Å². The molecule has 3 nitrogen and oxygen atoms in total. The lowest BCUT2D eigenvalue weighted by atomic mass is 9.97. The number of aliphatic hydroxyl groups is 1. The number of thioether (sulfide) groups is 1. The van der Waals surface area contributed by atoms with Crippen molar-refractivity contribution in [2.75, 3.05) is 18.1 Å². The molecular weight excluding hydrogens is 329 g/mol. The van der Waals surface area contributed by atoms with E-state index in [-0.39, 0.29) is 5.91 Å². The average molecular weight is 348 g/mol. The summed E-state index contributed by atoms with van der Waals surface area (Å²) in [5, 5.41) is 14.2. The van der Waals surface area contributed by atoms with Gasteiger partial charge in [-0.05, 0) is 42.4 Å². The molecule has 1 aromatic carbocycles. The minimum absolute atomic E-state index is 0.0716. The third-order valence-corrected chi connectivity index (χ3v) is 5.53. The first kappa shape index (κ1) is 16.9. The van der Waals surface area contributed by atoms with Crippen molar-refractivity contribution in [2.24, 2.45) is 0 Å². The van der Waals surface area contributed by atoms with Crippen molar-refractivity contribution >= 4 is 40.9 Å². The molecule has 0 radical (unpaired) electrons. The zero-order valence-corrected chi connectivity index (χ0v) is 14.0. The summed E-state index contributed by atoms with van der Waals surface area (Å²) in [5.74, 6) is 1.83. The lowest BCUT2D eigenvalue weighted by Crippen LogP contribution is -2.45. The Kier molecular flexibility index (Phi) is 6.23. The van der Waals surface area contributed by atoms with Gasteiger partial charge in [0.1, 0.15) is 0 Å². The van der Waals surface area contributed by atoms with Gasteiger partial charge in [0.15, 0.2) is 0 Å². The largest absolute Gasteiger partial charge is 0.388 e. The number of benzene rings is 1. The molecule has 2 N–H and O–H groups in total. The second-order valence-electron chi connectivity index (χ2n) is 5.33. The maximum Gasteiger partial charge on any atom is 0.220 e. The first-order valence-corrected chi connectivity index (χ1v) is 8.91. The minimum atomic E-state index is -0.741. The third-order valence-electron chi connectivity index (χ3n) is 3.69. The molecule has 0 atom stereocenters. The van der Waals surface area contributed by atoms with Gasteiger partial charge in [-0.3, -0.25) is 4.79 Å². The molecule has 0 saturated carbocycles. The summed E-state index contributed by atoms with van der Waals surface area (Å²) in [6, 6.07) is 5.42. The number of halogens is 2. The number of carbonyl (C=O) groups excluding carboxylic acids is 1. The van der Waals surface area contributed by atoms with Gasteiger partial charge in [0.2, 0.25) is 5.91 Å². The van der Waals surface area contributed by atoms with Crippen molar-refractivity contribution in [2.45, 2.75) is 31.3 Å². The number of aryl methyl sites for hydroxylation is 1. The van der Waals surface area contributed by atoms with E-state index in [1.165, 1.54) is 0 Å². The SMILES string of the molecule is O=C(CCc1cccc(Cl)c1Cl)NCC1(O)CCSCC1. The van der Waals surface area contributed by atoms with Crippen LogP contribution in [0.4, 0.5) is 0 Å². The second-order valence-corrected chi connectivity index (χ2v) is 7.34. The summed E-state index contributed by atoms with van der Waals surface area (Å²) in [6.07, 6.45) is 2.35. The van der Waals surface area contributed by atoms with Gasteiger partial charge in [0.05, 0.1) is 15.6 Å². The molecule has 1 aliphatic rings. The molecule has 0 bridgehead atoms. The number of carbonyl (C=O) groups is 1. The fourth-order valence-electron chi connectivity index (χ4n) is 2.27. The summed E-state index contributed by atoms with van der Waals surface area (Å²) < 4.78 is 0. The lowest BCUT2D eigenvalue weighted by Gasteiger charge is -2.31. The molecule has 1 saturated heterocycles. The van der Waals surface area contributed by atoms with Crippen LogP contribution in [-0.2, 0) is 11.2 Å². The normalized spacial score (nSPS) is 17.5. The van der Waals surface area contributed by atoms with Crippen LogP contribution in [0.2, 0.25) is 10.0 Å². The van der Waals surface area contributed by atoms with Gasteiger partial charge >= 0.3 is 0 Å². The molecule has 0 spiro atoms. The third kappa shape index (κ3) is 5.06. The number of amides is 1. The fraction of sp³-hybridized carbons (Fsp3) is 0.533. The van der Waals surface area contributed by atoms with Gasteiger partial charge in [-0.1, -0.05) is 35.3 Å². The molecule has 2 rings (SSSR count). The molecule has 21 heavy (non-hydrogen) atoms. The molecule has 0 unspecified atom stereocenters. The smallest absolute Gasteiger partial charge is 0.220 e. The van der Waals surface area contributed by atoms with Gasteiger partial charge in [0, 0.05) is 13.0 Å². The minimum Gasteiger partial charge on any atom is -0.388 e. The van der Waals surface area contributed by atoms with Gasteiger partial charge < -0.3 is 10.4 Å². The zero-order chi connectivity index (χ0) is 15.3. The van der Waals surface area contributed by atoms with E-state index in [0.717, 1.165) is 29.9 Å². The van der Waals surface area contributed by atoms with Crippen molar-refractivity contribution < 1.29 is 9.90 Å². The average Bonchev–Trinajstić information content (AvgIpc) is 2.47. The highest BCUT2D eigenvalue weighted by Crippen LogP contribution is 2.27. The maximum atomic E-state index is 11.9. The van der Waals surface area contributed by atoms with Gasteiger partial charge in [0.25, 0.3) is 0 Å². The van der Waals surface area contributed by atoms with Gasteiger partial charge in [-0.2, -0.15) is 11.8 Å². The van der Waals surface area contributed by atoms with E-state index in [0.29, 0.717) is 29.4 Å². The van der Waals surface area contributed by atoms with E-state index < -0.39 is 5.60 Å². The lowest BCUT2D eigenvalue weighted by molar-refractivity contribution is -0.122. The van der Waals surface area contributed by atoms with Crippen LogP contribution < -0.4 is 5.32 Å². The number of hydrogen-bond acceptors (Lipinski definition) is 3. The van der Waals surface area contributed by atoms with E-state index in [9.17, 15) is 9.90 Å². The number of rotatable bonds is 5. The fourth-order valence-corrected chi connectivity index (χ4v) is 3.94. The molecule has 1 aliphatic heterocycles. The van der Waals surface area contributed by atoms with Crippen LogP contribution >= 0.6 is 35.0 Å². The van der Waals surface area contributed by atoms with E-state index in [2.05, 4.69) is 5.32 Å². The van der Waals surface area contributed by atoms with Crippen LogP contribution in [0.5, 0.6) is 0 Å². The first-order chi connectivity index (χ1) is 10.0. The zero-order valence-electron chi connectivity index (χ0n) is 11.7. The molecule has 1 amide bonds. The number of nitrogens with one attached hydrogen (secondary N) is 1. The van der Waals surface area contributed by atoms with Gasteiger partial charge in [-0.15, -0.1) is 0 Å². The summed E-state index contributed by atoms with van der Waals surface area (Å²) in [4.78, 5) is 11.9. The maximum absolute atomic E-state index is 11.9. The molecule has 116 valence electrons. The van der Waals surface area contributed by atoms with E-state index in [4.69, 9.17) is 23.2 Å². The van der Waals surface area contributed by atoms with Crippen LogP contribution in [0.15, 0.2) is 18.2 Å². The van der Waals surface area contributed by atoms with Crippen molar-refractivity contribution in [1.82, 2.24) is 5.32 Å². The van der Waals surface area contributed by atoms with E-state index >= 15 is 0 Å². The predicted molar refractivity (Wildman–Crippen MR) is 89.3 cm³/mol. The summed E-state index contributed by atoms with van der Waals surface area (Å²) in [7, 11) is 0. The Hall–Kier alpha value is -0.420. The molecule has 0 aliphatic carbocycles. The topological polar surface area (TPSA) is 49.3 Å². The predicted octanol–water partition coefficient (Wildman–Crippen LogP) is 3.30. The van der Waals surface area contributed by atoms with Crippen LogP contribution in [-0.4, -0.2) is 34.7 Å². The van der Waals surface area contributed by atoms with Crippen LogP contribution in [0.3, 0.4) is 0 Å². The van der Waals surface area contributed by atoms with Crippen molar-refractivity contribution in [3.63, 3.8) is 0 Å². The van der Waals surface area contributed by atoms with Crippen LogP contribution in [0.25, 0.3) is 0 Å². The quantitative estimate of drug-likeness (QED) is 0.858. The summed E-state index contributed by atoms with van der Waals surface area (Å²) >= 11 is 13.9. The Morgan fingerprint density at radius 2 is 2.05 bits per heavy atom. The second kappa shape index (κ2) is 7.73. The Balaban J connectivity index is 1.78. The molecule has 1 aromatic rings. The highest BCUT2D eigenvalue weighted by molar-refractivity contribution is 7.99. The Morgan fingerprint density at radius 3 is 2.76 bits per heavy atom. The van der Waals surface area contributed by atoms with E-state index in [1.807, 2.05) is 23.9 Å². The Morgan fingerprint density at radius 1 is 1.33 bits per heavy atom. The van der Waals surface area contributed by atoms with Crippen molar-refractivity contribution in [1.29, 1.82) is 0 Å². The Labute approximate surface area is 139 Å². The summed E-state index contributed by atoms with van der Waals surface area (Å²) in [6.45, 7) is 0.329. The van der Waals surface area contributed by atoms with Crippen molar-refractivity contribution in [3.8, 4) is 0 Å². The molecule has 6 heteroatoms. The molecule has 1 fully saturated rings. The van der Waals surface area contributed by atoms with Gasteiger partial charge in [-0.25, -0.2) is 0 Å². The Bertz CT molecular complexity index is 504. The highest BCUT2D eigenvalue weighted by Gasteiger charge is 2.29. The molecule has 1 heterocycles. The summed E-state index contributed by atoms with van der Waals surface area (Å²) in [5.41, 5.74) is 0.126. The first-order valence-electron chi connectivity index (χ1n) is 7.00. The molecule has 0 aromatic heterocycles. The highest BCUT2D eigenvalue weighted by atomic mass is 35.5.